The fraction of sp³-hybridized carbons (Fsp3) is 0.235. The van der Waals surface area contributed by atoms with Gasteiger partial charge in [-0.1, -0.05) is 11.3 Å². The summed E-state index contributed by atoms with van der Waals surface area (Å²) < 4.78 is 13.0. The van der Waals surface area contributed by atoms with E-state index in [0.29, 0.717) is 26.5 Å². The number of anilines is 2. The Bertz CT molecular complexity index is 997. The van der Waals surface area contributed by atoms with Gasteiger partial charge in [-0.3, -0.25) is 14.5 Å². The minimum Gasteiger partial charge on any atom is -0.300 e. The third-order valence-electron chi connectivity index (χ3n) is 4.00. The van der Waals surface area contributed by atoms with Gasteiger partial charge in [-0.2, -0.15) is 0 Å². The Labute approximate surface area is 161 Å². The number of halogens is 1. The van der Waals surface area contributed by atoms with E-state index in [2.05, 4.69) is 20.5 Å². The van der Waals surface area contributed by atoms with Crippen LogP contribution in [-0.2, 0) is 4.79 Å². The van der Waals surface area contributed by atoms with E-state index in [0.717, 1.165) is 12.8 Å². The second-order valence-electron chi connectivity index (χ2n) is 6.06. The zero-order chi connectivity index (χ0) is 19.0. The molecule has 0 atom stereocenters. The maximum atomic E-state index is 13.0. The highest BCUT2D eigenvalue weighted by molar-refractivity contribution is 7.19. The second kappa shape index (κ2) is 7.12. The fourth-order valence-corrected chi connectivity index (χ4v) is 3.88. The molecule has 7 nitrogen and oxygen atoms in total. The molecule has 1 aliphatic carbocycles. The summed E-state index contributed by atoms with van der Waals surface area (Å²) in [6.45, 7) is 0. The van der Waals surface area contributed by atoms with Gasteiger partial charge in [0.2, 0.25) is 11.0 Å². The first-order chi connectivity index (χ1) is 13.0. The third-order valence-corrected chi connectivity index (χ3v) is 5.78. The summed E-state index contributed by atoms with van der Waals surface area (Å²) in [5.41, 5.74) is 0.954. The Morgan fingerprint density at radius 1 is 1.22 bits per heavy atom. The van der Waals surface area contributed by atoms with Crippen LogP contribution < -0.4 is 10.2 Å². The Kier molecular flexibility index (Phi) is 4.66. The number of carbonyl (C=O) groups excluding carboxylic acids is 2. The predicted molar refractivity (Wildman–Crippen MR) is 102 cm³/mol. The number of benzene rings is 1. The Morgan fingerprint density at radius 3 is 2.67 bits per heavy atom. The van der Waals surface area contributed by atoms with Gasteiger partial charge in [-0.25, -0.2) is 9.37 Å². The smallest absolute Gasteiger partial charge is 0.259 e. The number of nitrogens with one attached hydrogen (secondary N) is 1. The van der Waals surface area contributed by atoms with Crippen LogP contribution in [0.3, 0.4) is 0 Å². The van der Waals surface area contributed by atoms with Crippen LogP contribution in [0, 0.1) is 11.7 Å². The molecule has 1 N–H and O–H groups in total. The number of hydrogen-bond acceptors (Lipinski definition) is 7. The molecule has 138 valence electrons. The van der Waals surface area contributed by atoms with Gasteiger partial charge < -0.3 is 5.32 Å². The lowest BCUT2D eigenvalue weighted by Crippen LogP contribution is -2.26. The van der Waals surface area contributed by atoms with Crippen molar-refractivity contribution >= 4 is 44.8 Å². The van der Waals surface area contributed by atoms with Gasteiger partial charge in [0.05, 0.1) is 0 Å². The molecule has 2 amide bonds. The van der Waals surface area contributed by atoms with Crippen molar-refractivity contribution in [2.24, 2.45) is 5.92 Å². The molecule has 0 bridgehead atoms. The van der Waals surface area contributed by atoms with E-state index in [1.165, 1.54) is 51.8 Å². The van der Waals surface area contributed by atoms with Gasteiger partial charge in [0.15, 0.2) is 10.1 Å². The number of rotatable bonds is 5. The van der Waals surface area contributed by atoms with Crippen molar-refractivity contribution in [3.05, 3.63) is 41.0 Å². The van der Waals surface area contributed by atoms with Gasteiger partial charge in [0.25, 0.3) is 5.91 Å². The van der Waals surface area contributed by atoms with Crippen molar-refractivity contribution in [2.75, 3.05) is 17.3 Å². The number of amides is 2. The second-order valence-corrected chi connectivity index (χ2v) is 7.88. The number of aromatic nitrogens is 3. The van der Waals surface area contributed by atoms with Crippen LogP contribution in [0.25, 0.3) is 10.7 Å². The number of thiazole rings is 1. The van der Waals surface area contributed by atoms with Crippen LogP contribution in [0.5, 0.6) is 0 Å². The lowest BCUT2D eigenvalue weighted by Gasteiger charge is -2.13. The zero-order valence-electron chi connectivity index (χ0n) is 14.2. The molecule has 0 radical (unpaired) electrons. The average Bonchev–Trinajstić information content (AvgIpc) is 3.23. The summed E-state index contributed by atoms with van der Waals surface area (Å²) in [7, 11) is 1.61. The Balaban J connectivity index is 1.47. The van der Waals surface area contributed by atoms with Crippen molar-refractivity contribution in [3.8, 4) is 10.7 Å². The van der Waals surface area contributed by atoms with Crippen LogP contribution in [0.1, 0.15) is 23.2 Å². The highest BCUT2D eigenvalue weighted by Crippen LogP contribution is 2.33. The number of hydrogen-bond donors (Lipinski definition) is 1. The van der Waals surface area contributed by atoms with E-state index in [1.807, 2.05) is 0 Å². The van der Waals surface area contributed by atoms with Gasteiger partial charge in [-0.05, 0) is 37.1 Å². The van der Waals surface area contributed by atoms with Crippen LogP contribution in [0.4, 0.5) is 14.7 Å². The van der Waals surface area contributed by atoms with Crippen molar-refractivity contribution in [1.29, 1.82) is 0 Å². The first-order valence-corrected chi connectivity index (χ1v) is 9.85. The molecule has 2 aromatic heterocycles. The summed E-state index contributed by atoms with van der Waals surface area (Å²) in [4.78, 5) is 30.1. The summed E-state index contributed by atoms with van der Waals surface area (Å²) in [6.07, 6.45) is 1.84. The first kappa shape index (κ1) is 17.7. The van der Waals surface area contributed by atoms with Gasteiger partial charge in [0, 0.05) is 23.9 Å². The molecule has 1 saturated carbocycles. The van der Waals surface area contributed by atoms with E-state index in [4.69, 9.17) is 0 Å². The van der Waals surface area contributed by atoms with Crippen LogP contribution in [0.2, 0.25) is 0 Å². The SMILES string of the molecule is CN(C(=O)c1ccc(F)cc1)c1nc(-c2nnc(NC(=O)C3CC3)s2)cs1. The lowest BCUT2D eigenvalue weighted by molar-refractivity contribution is -0.117. The molecule has 0 saturated heterocycles. The molecule has 1 fully saturated rings. The molecule has 10 heteroatoms. The van der Waals surface area contributed by atoms with E-state index in [-0.39, 0.29) is 17.7 Å². The monoisotopic (exact) mass is 403 g/mol. The van der Waals surface area contributed by atoms with E-state index >= 15 is 0 Å². The van der Waals surface area contributed by atoms with Crippen molar-refractivity contribution in [3.63, 3.8) is 0 Å². The van der Waals surface area contributed by atoms with Crippen molar-refractivity contribution in [2.45, 2.75) is 12.8 Å². The summed E-state index contributed by atoms with van der Waals surface area (Å²) in [6, 6.07) is 5.35. The summed E-state index contributed by atoms with van der Waals surface area (Å²) in [5, 5.41) is 14.0. The standard InChI is InChI=1S/C17H14FN5O2S2/c1-23(15(25)10-4-6-11(18)7-5-10)17-19-12(8-26-17)14-21-22-16(27-14)20-13(24)9-2-3-9/h4-9H,2-3H2,1H3,(H,20,22,24). The molecule has 0 unspecified atom stereocenters. The number of carbonyl (C=O) groups is 2. The highest BCUT2D eigenvalue weighted by Gasteiger charge is 2.30. The molecule has 0 spiro atoms. The van der Waals surface area contributed by atoms with E-state index < -0.39 is 5.82 Å². The highest BCUT2D eigenvalue weighted by atomic mass is 32.1. The molecular weight excluding hydrogens is 389 g/mol. The number of nitrogens with zero attached hydrogens (tertiary/aromatic N) is 4. The minimum absolute atomic E-state index is 0.0266. The molecule has 0 aliphatic heterocycles. The van der Waals surface area contributed by atoms with Crippen LogP contribution in [0.15, 0.2) is 29.6 Å². The van der Waals surface area contributed by atoms with Crippen molar-refractivity contribution < 1.29 is 14.0 Å². The Morgan fingerprint density at radius 2 is 1.96 bits per heavy atom. The molecule has 2 heterocycles. The van der Waals surface area contributed by atoms with Crippen molar-refractivity contribution in [1.82, 2.24) is 15.2 Å². The summed E-state index contributed by atoms with van der Waals surface area (Å²) in [5.74, 6) is -0.618. The fourth-order valence-electron chi connectivity index (χ4n) is 2.32. The van der Waals surface area contributed by atoms with Gasteiger partial charge >= 0.3 is 0 Å². The largest absolute Gasteiger partial charge is 0.300 e. The summed E-state index contributed by atoms with van der Waals surface area (Å²) >= 11 is 2.52. The quantitative estimate of drug-likeness (QED) is 0.705. The predicted octanol–water partition coefficient (Wildman–Crippen LogP) is 3.43. The maximum Gasteiger partial charge on any atom is 0.259 e. The molecule has 3 aromatic rings. The first-order valence-electron chi connectivity index (χ1n) is 8.15. The lowest BCUT2D eigenvalue weighted by atomic mass is 10.2. The van der Waals surface area contributed by atoms with E-state index in [9.17, 15) is 14.0 Å². The third kappa shape index (κ3) is 3.86. The molecule has 27 heavy (non-hydrogen) atoms. The topological polar surface area (TPSA) is 88.1 Å². The van der Waals surface area contributed by atoms with E-state index in [1.54, 1.807) is 12.4 Å². The molecule has 4 rings (SSSR count). The minimum atomic E-state index is -0.397. The maximum absolute atomic E-state index is 13.0. The van der Waals surface area contributed by atoms with Gasteiger partial charge in [0.1, 0.15) is 11.5 Å². The molecule has 1 aliphatic rings. The average molecular weight is 403 g/mol. The van der Waals surface area contributed by atoms with Crippen LogP contribution in [-0.4, -0.2) is 34.0 Å². The Hall–Kier alpha value is -2.72. The normalized spacial score (nSPS) is 13.4. The van der Waals surface area contributed by atoms with Crippen LogP contribution >= 0.6 is 22.7 Å². The molecular formula is C17H14FN5O2S2. The van der Waals surface area contributed by atoms with Gasteiger partial charge in [-0.15, -0.1) is 21.5 Å². The zero-order valence-corrected chi connectivity index (χ0v) is 15.8. The molecule has 1 aromatic carbocycles.